The number of anilines is 1. The van der Waals surface area contributed by atoms with Gasteiger partial charge < -0.3 is 4.52 Å². The van der Waals surface area contributed by atoms with Gasteiger partial charge in [0.1, 0.15) is 17.1 Å². The van der Waals surface area contributed by atoms with Crippen molar-refractivity contribution in [2.75, 3.05) is 4.90 Å². The van der Waals surface area contributed by atoms with Crippen LogP contribution in [0.25, 0.3) is 10.2 Å². The first-order chi connectivity index (χ1) is 13.0. The number of aromatic nitrogens is 3. The summed E-state index contributed by atoms with van der Waals surface area (Å²) in [7, 11) is 0. The molecule has 9 heteroatoms. The second-order valence-electron chi connectivity index (χ2n) is 5.77. The number of carbonyl (C=O) groups is 1. The third-order valence-corrected chi connectivity index (χ3v) is 4.80. The van der Waals surface area contributed by atoms with Gasteiger partial charge in [-0.05, 0) is 25.1 Å². The van der Waals surface area contributed by atoms with Crippen LogP contribution >= 0.6 is 11.3 Å². The SMILES string of the molecule is Cc1cc(C(=O)N(Cc2ccccn2)c2nc3c(F)cc(F)cc3s2)no1. The van der Waals surface area contributed by atoms with Gasteiger partial charge in [-0.3, -0.25) is 14.7 Å². The van der Waals surface area contributed by atoms with E-state index in [1.165, 1.54) is 17.0 Å². The Morgan fingerprint density at radius 3 is 2.81 bits per heavy atom. The number of hydrogen-bond acceptors (Lipinski definition) is 6. The normalized spacial score (nSPS) is 11.1. The van der Waals surface area contributed by atoms with Gasteiger partial charge >= 0.3 is 0 Å². The van der Waals surface area contributed by atoms with Gasteiger partial charge in [0.25, 0.3) is 5.91 Å². The van der Waals surface area contributed by atoms with Crippen LogP contribution in [0.15, 0.2) is 47.1 Å². The molecule has 0 atom stereocenters. The van der Waals surface area contributed by atoms with Crippen molar-refractivity contribution in [2.24, 2.45) is 0 Å². The van der Waals surface area contributed by atoms with Crippen LogP contribution in [0.1, 0.15) is 21.9 Å². The molecule has 0 aliphatic carbocycles. The Hall–Kier alpha value is -3.20. The van der Waals surface area contributed by atoms with Gasteiger partial charge in [0.2, 0.25) is 0 Å². The maximum absolute atomic E-state index is 14.0. The Kier molecular flexibility index (Phi) is 4.36. The molecule has 3 heterocycles. The van der Waals surface area contributed by atoms with Crippen LogP contribution in [0.3, 0.4) is 0 Å². The van der Waals surface area contributed by atoms with E-state index in [-0.39, 0.29) is 22.9 Å². The number of nitrogens with zero attached hydrogens (tertiary/aromatic N) is 4. The highest BCUT2D eigenvalue weighted by atomic mass is 32.1. The lowest BCUT2D eigenvalue weighted by atomic mass is 10.3. The molecule has 0 spiro atoms. The highest BCUT2D eigenvalue weighted by molar-refractivity contribution is 7.22. The number of rotatable bonds is 4. The van der Waals surface area contributed by atoms with E-state index in [4.69, 9.17) is 4.52 Å². The first-order valence-corrected chi connectivity index (χ1v) is 8.73. The molecule has 0 bridgehead atoms. The predicted molar refractivity (Wildman–Crippen MR) is 95.5 cm³/mol. The average molecular weight is 386 g/mol. The molecular formula is C18H12F2N4O2S. The van der Waals surface area contributed by atoms with Crippen LogP contribution in [0.2, 0.25) is 0 Å². The maximum atomic E-state index is 14.0. The van der Waals surface area contributed by atoms with Crippen LogP contribution in [0.5, 0.6) is 0 Å². The molecule has 4 rings (SSSR count). The van der Waals surface area contributed by atoms with E-state index in [0.29, 0.717) is 16.2 Å². The maximum Gasteiger partial charge on any atom is 0.282 e. The number of fused-ring (bicyclic) bond motifs is 1. The minimum atomic E-state index is -0.782. The quantitative estimate of drug-likeness (QED) is 0.528. The number of hydrogen-bond donors (Lipinski definition) is 0. The molecule has 0 saturated carbocycles. The van der Waals surface area contributed by atoms with Gasteiger partial charge in [-0.1, -0.05) is 22.6 Å². The van der Waals surface area contributed by atoms with Crippen molar-refractivity contribution in [2.45, 2.75) is 13.5 Å². The molecule has 4 aromatic rings. The number of pyridine rings is 1. The predicted octanol–water partition coefficient (Wildman–Crippen LogP) is 4.11. The van der Waals surface area contributed by atoms with Crippen LogP contribution in [-0.2, 0) is 6.54 Å². The number of amides is 1. The van der Waals surface area contributed by atoms with Crippen LogP contribution in [0, 0.1) is 18.6 Å². The smallest absolute Gasteiger partial charge is 0.282 e. The van der Waals surface area contributed by atoms with Crippen molar-refractivity contribution in [3.05, 3.63) is 71.4 Å². The van der Waals surface area contributed by atoms with E-state index < -0.39 is 17.5 Å². The van der Waals surface area contributed by atoms with Gasteiger partial charge in [0.05, 0.1) is 16.9 Å². The summed E-state index contributed by atoms with van der Waals surface area (Å²) >= 11 is 1.01. The van der Waals surface area contributed by atoms with Gasteiger partial charge in [-0.2, -0.15) is 0 Å². The third kappa shape index (κ3) is 3.41. The molecule has 3 aromatic heterocycles. The summed E-state index contributed by atoms with van der Waals surface area (Å²) < 4.78 is 32.8. The van der Waals surface area contributed by atoms with Gasteiger partial charge in [0, 0.05) is 18.3 Å². The standard InChI is InChI=1S/C18H12F2N4O2S/c1-10-6-14(23-26-10)17(25)24(9-12-4-2-3-5-21-12)18-22-16-13(20)7-11(19)8-15(16)27-18/h2-8H,9H2,1H3. The Morgan fingerprint density at radius 2 is 2.11 bits per heavy atom. The summed E-state index contributed by atoms with van der Waals surface area (Å²) in [6.07, 6.45) is 1.60. The van der Waals surface area contributed by atoms with Gasteiger partial charge in [-0.25, -0.2) is 13.8 Å². The van der Waals surface area contributed by atoms with E-state index in [1.54, 1.807) is 31.3 Å². The molecule has 27 heavy (non-hydrogen) atoms. The van der Waals surface area contributed by atoms with E-state index in [1.807, 2.05) is 0 Å². The third-order valence-electron chi connectivity index (χ3n) is 3.77. The fraction of sp³-hybridized carbons (Fsp3) is 0.111. The molecule has 0 unspecified atom stereocenters. The summed E-state index contributed by atoms with van der Waals surface area (Å²) in [5.41, 5.74) is 0.706. The molecule has 0 aliphatic rings. The zero-order valence-electron chi connectivity index (χ0n) is 14.0. The molecule has 0 N–H and O–H groups in total. The molecule has 6 nitrogen and oxygen atoms in total. The Bertz CT molecular complexity index is 1130. The number of carbonyl (C=O) groups excluding carboxylic acids is 1. The zero-order chi connectivity index (χ0) is 19.0. The van der Waals surface area contributed by atoms with E-state index in [9.17, 15) is 13.6 Å². The van der Waals surface area contributed by atoms with Crippen molar-refractivity contribution in [1.29, 1.82) is 0 Å². The molecule has 0 saturated heterocycles. The Balaban J connectivity index is 1.79. The minimum absolute atomic E-state index is 0.00607. The van der Waals surface area contributed by atoms with Crippen molar-refractivity contribution < 1.29 is 18.1 Å². The lowest BCUT2D eigenvalue weighted by Gasteiger charge is -2.18. The van der Waals surface area contributed by atoms with Crippen molar-refractivity contribution in [1.82, 2.24) is 15.1 Å². The number of benzene rings is 1. The fourth-order valence-corrected chi connectivity index (χ4v) is 3.55. The van der Waals surface area contributed by atoms with Gasteiger partial charge in [-0.15, -0.1) is 0 Å². The fourth-order valence-electron chi connectivity index (χ4n) is 2.55. The molecular weight excluding hydrogens is 374 g/mol. The highest BCUT2D eigenvalue weighted by Gasteiger charge is 2.25. The van der Waals surface area contributed by atoms with E-state index >= 15 is 0 Å². The number of aryl methyl sites for hydroxylation is 1. The molecule has 1 amide bonds. The first kappa shape index (κ1) is 17.2. The summed E-state index contributed by atoms with van der Waals surface area (Å²) in [5.74, 6) is -1.48. The second kappa shape index (κ2) is 6.84. The summed E-state index contributed by atoms with van der Waals surface area (Å²) in [4.78, 5) is 22.7. The summed E-state index contributed by atoms with van der Waals surface area (Å²) in [6.45, 7) is 1.76. The lowest BCUT2D eigenvalue weighted by molar-refractivity contribution is 0.0976. The van der Waals surface area contributed by atoms with E-state index in [2.05, 4.69) is 15.1 Å². The second-order valence-corrected chi connectivity index (χ2v) is 6.78. The highest BCUT2D eigenvalue weighted by Crippen LogP contribution is 2.32. The topological polar surface area (TPSA) is 72.1 Å². The lowest BCUT2D eigenvalue weighted by Crippen LogP contribution is -2.31. The molecule has 0 fully saturated rings. The summed E-state index contributed by atoms with van der Waals surface area (Å²) in [6, 6.07) is 8.75. The monoisotopic (exact) mass is 386 g/mol. The molecule has 0 aliphatic heterocycles. The van der Waals surface area contributed by atoms with Gasteiger partial charge in [0.15, 0.2) is 16.6 Å². The number of halogens is 2. The van der Waals surface area contributed by atoms with Crippen LogP contribution in [0.4, 0.5) is 13.9 Å². The van der Waals surface area contributed by atoms with Crippen molar-refractivity contribution in [3.63, 3.8) is 0 Å². The first-order valence-electron chi connectivity index (χ1n) is 7.92. The Labute approximate surface area is 156 Å². The van der Waals surface area contributed by atoms with Crippen LogP contribution in [-0.4, -0.2) is 21.0 Å². The van der Waals surface area contributed by atoms with Crippen molar-refractivity contribution >= 4 is 32.6 Å². The minimum Gasteiger partial charge on any atom is -0.361 e. The Morgan fingerprint density at radius 1 is 1.26 bits per heavy atom. The number of thiazole rings is 1. The molecule has 1 aromatic carbocycles. The van der Waals surface area contributed by atoms with Crippen molar-refractivity contribution in [3.8, 4) is 0 Å². The molecule has 0 radical (unpaired) electrons. The van der Waals surface area contributed by atoms with Crippen LogP contribution < -0.4 is 4.90 Å². The summed E-state index contributed by atoms with van der Waals surface area (Å²) in [5, 5.41) is 3.96. The zero-order valence-corrected chi connectivity index (χ0v) is 14.8. The molecule has 136 valence electrons. The largest absolute Gasteiger partial charge is 0.361 e. The average Bonchev–Trinajstić information content (AvgIpc) is 3.26. The van der Waals surface area contributed by atoms with E-state index in [0.717, 1.165) is 17.4 Å².